The number of halogens is 2. The van der Waals surface area contributed by atoms with Gasteiger partial charge >= 0.3 is 0 Å². The van der Waals surface area contributed by atoms with Gasteiger partial charge in [0.2, 0.25) is 0 Å². The highest BCUT2D eigenvalue weighted by atomic mass is 79.9. The summed E-state index contributed by atoms with van der Waals surface area (Å²) in [5.74, 6) is 1.51. The first-order chi connectivity index (χ1) is 8.27. The Morgan fingerprint density at radius 2 is 2.35 bits per heavy atom. The van der Waals surface area contributed by atoms with Crippen molar-refractivity contribution in [3.8, 4) is 0 Å². The maximum absolute atomic E-state index is 6.28. The number of aromatic nitrogens is 2. The van der Waals surface area contributed by atoms with E-state index in [1.54, 1.807) is 0 Å². The standard InChI is InChI=1S/C12H13BrClN3/c13-11-9-4-1-5-10(14)17(9)12(16-11)8-3-2-6-15-7-8/h1,4-5,8,15H,2-3,6-7H2. The Bertz CT molecular complexity index is 546. The Morgan fingerprint density at radius 3 is 3.12 bits per heavy atom. The Hall–Kier alpha value is -0.580. The summed E-state index contributed by atoms with van der Waals surface area (Å²) in [6, 6.07) is 5.89. The van der Waals surface area contributed by atoms with Gasteiger partial charge in [-0.05, 0) is 47.4 Å². The summed E-state index contributed by atoms with van der Waals surface area (Å²) in [6.45, 7) is 2.09. The number of hydrogen-bond donors (Lipinski definition) is 1. The first-order valence-corrected chi connectivity index (χ1v) is 6.97. The third kappa shape index (κ3) is 1.98. The molecule has 0 aliphatic carbocycles. The fourth-order valence-electron chi connectivity index (χ4n) is 2.43. The molecular weight excluding hydrogens is 302 g/mol. The van der Waals surface area contributed by atoms with E-state index in [-0.39, 0.29) is 0 Å². The number of imidazole rings is 1. The van der Waals surface area contributed by atoms with Crippen LogP contribution in [0.3, 0.4) is 0 Å². The summed E-state index contributed by atoms with van der Waals surface area (Å²) < 4.78 is 2.92. The molecule has 0 aromatic carbocycles. The van der Waals surface area contributed by atoms with Crippen LogP contribution in [0.4, 0.5) is 0 Å². The molecule has 3 rings (SSSR count). The van der Waals surface area contributed by atoms with Gasteiger partial charge in [-0.15, -0.1) is 0 Å². The van der Waals surface area contributed by atoms with Gasteiger partial charge in [0.1, 0.15) is 15.6 Å². The van der Waals surface area contributed by atoms with Gasteiger partial charge in [-0.25, -0.2) is 4.98 Å². The number of nitrogens with zero attached hydrogens (tertiary/aromatic N) is 2. The van der Waals surface area contributed by atoms with Crippen molar-refractivity contribution in [3.63, 3.8) is 0 Å². The van der Waals surface area contributed by atoms with Crippen molar-refractivity contribution >= 4 is 33.0 Å². The number of pyridine rings is 1. The first kappa shape index (κ1) is 11.5. The predicted molar refractivity (Wildman–Crippen MR) is 72.7 cm³/mol. The fourth-order valence-corrected chi connectivity index (χ4v) is 3.17. The minimum absolute atomic E-state index is 0.447. The van der Waals surface area contributed by atoms with Crippen molar-refractivity contribution < 1.29 is 0 Å². The normalized spacial score (nSPS) is 20.9. The van der Waals surface area contributed by atoms with Gasteiger partial charge in [-0.3, -0.25) is 4.40 Å². The van der Waals surface area contributed by atoms with E-state index in [9.17, 15) is 0 Å². The van der Waals surface area contributed by atoms with Crippen LogP contribution in [0.5, 0.6) is 0 Å². The van der Waals surface area contributed by atoms with Crippen LogP contribution in [0.1, 0.15) is 24.6 Å². The van der Waals surface area contributed by atoms with Gasteiger partial charge in [-0.1, -0.05) is 17.7 Å². The quantitative estimate of drug-likeness (QED) is 0.819. The Balaban J connectivity index is 2.15. The molecule has 1 aliphatic rings. The monoisotopic (exact) mass is 313 g/mol. The van der Waals surface area contributed by atoms with E-state index in [0.29, 0.717) is 5.92 Å². The molecule has 1 N–H and O–H groups in total. The lowest BCUT2D eigenvalue weighted by molar-refractivity contribution is 0.445. The summed E-state index contributed by atoms with van der Waals surface area (Å²) >= 11 is 9.78. The number of piperidine rings is 1. The highest BCUT2D eigenvalue weighted by molar-refractivity contribution is 9.10. The third-order valence-electron chi connectivity index (χ3n) is 3.26. The lowest BCUT2D eigenvalue weighted by Gasteiger charge is -2.21. The summed E-state index contributed by atoms with van der Waals surface area (Å²) in [4.78, 5) is 4.63. The van der Waals surface area contributed by atoms with Crippen molar-refractivity contribution in [3.05, 3.63) is 33.8 Å². The molecule has 3 nitrogen and oxygen atoms in total. The smallest absolute Gasteiger partial charge is 0.132 e. The van der Waals surface area contributed by atoms with E-state index in [4.69, 9.17) is 11.6 Å². The highest BCUT2D eigenvalue weighted by Gasteiger charge is 2.22. The molecule has 0 bridgehead atoms. The minimum Gasteiger partial charge on any atom is -0.316 e. The fraction of sp³-hybridized carbons (Fsp3) is 0.417. The molecule has 3 heterocycles. The molecule has 2 aromatic rings. The second-order valence-electron chi connectivity index (χ2n) is 4.37. The molecule has 0 saturated carbocycles. The van der Waals surface area contributed by atoms with Gasteiger partial charge in [-0.2, -0.15) is 0 Å². The molecule has 1 fully saturated rings. The van der Waals surface area contributed by atoms with Gasteiger partial charge in [0.25, 0.3) is 0 Å². The van der Waals surface area contributed by atoms with Gasteiger partial charge < -0.3 is 5.32 Å². The van der Waals surface area contributed by atoms with Gasteiger partial charge in [0.05, 0.1) is 5.52 Å². The first-order valence-electron chi connectivity index (χ1n) is 5.80. The van der Waals surface area contributed by atoms with Crippen LogP contribution in [0, 0.1) is 0 Å². The Labute approximate surface area is 113 Å². The molecule has 0 radical (unpaired) electrons. The number of nitrogens with one attached hydrogen (secondary N) is 1. The summed E-state index contributed by atoms with van der Waals surface area (Å²) in [7, 11) is 0. The molecule has 1 aliphatic heterocycles. The second-order valence-corrected chi connectivity index (χ2v) is 5.51. The molecule has 2 aromatic heterocycles. The molecule has 90 valence electrons. The molecule has 0 amide bonds. The Morgan fingerprint density at radius 1 is 1.47 bits per heavy atom. The van der Waals surface area contributed by atoms with E-state index >= 15 is 0 Å². The topological polar surface area (TPSA) is 29.3 Å². The van der Waals surface area contributed by atoms with E-state index < -0.39 is 0 Å². The number of fused-ring (bicyclic) bond motifs is 1. The molecule has 17 heavy (non-hydrogen) atoms. The van der Waals surface area contributed by atoms with Crippen LogP contribution in [-0.4, -0.2) is 22.5 Å². The van der Waals surface area contributed by atoms with Crippen molar-refractivity contribution in [2.24, 2.45) is 0 Å². The van der Waals surface area contributed by atoms with E-state index in [2.05, 4.69) is 26.2 Å². The molecule has 0 spiro atoms. The van der Waals surface area contributed by atoms with Crippen LogP contribution < -0.4 is 5.32 Å². The van der Waals surface area contributed by atoms with Crippen molar-refractivity contribution in [2.75, 3.05) is 13.1 Å². The lowest BCUT2D eigenvalue weighted by atomic mass is 9.99. The summed E-state index contributed by atoms with van der Waals surface area (Å²) in [5, 5.41) is 4.14. The van der Waals surface area contributed by atoms with E-state index in [1.165, 1.54) is 12.8 Å². The van der Waals surface area contributed by atoms with Crippen LogP contribution >= 0.6 is 27.5 Å². The molecular formula is C12H13BrClN3. The van der Waals surface area contributed by atoms with Crippen molar-refractivity contribution in [1.29, 1.82) is 0 Å². The Kier molecular flexibility index (Phi) is 3.11. The molecule has 1 unspecified atom stereocenters. The van der Waals surface area contributed by atoms with Gasteiger partial charge in [0.15, 0.2) is 0 Å². The van der Waals surface area contributed by atoms with Gasteiger partial charge in [0, 0.05) is 12.5 Å². The van der Waals surface area contributed by atoms with Crippen LogP contribution in [0.15, 0.2) is 22.8 Å². The van der Waals surface area contributed by atoms with Crippen molar-refractivity contribution in [1.82, 2.24) is 14.7 Å². The van der Waals surface area contributed by atoms with Crippen LogP contribution in [0.25, 0.3) is 5.52 Å². The molecule has 1 atom stereocenters. The average molecular weight is 315 g/mol. The summed E-state index contributed by atoms with van der Waals surface area (Å²) in [5.41, 5.74) is 1.04. The zero-order valence-corrected chi connectivity index (χ0v) is 11.6. The number of hydrogen-bond acceptors (Lipinski definition) is 2. The third-order valence-corrected chi connectivity index (χ3v) is 4.14. The lowest BCUT2D eigenvalue weighted by Crippen LogP contribution is -2.29. The predicted octanol–water partition coefficient (Wildman–Crippen LogP) is 3.22. The largest absolute Gasteiger partial charge is 0.316 e. The zero-order chi connectivity index (χ0) is 11.8. The summed E-state index contributed by atoms with van der Waals surface area (Å²) in [6.07, 6.45) is 2.37. The number of rotatable bonds is 1. The highest BCUT2D eigenvalue weighted by Crippen LogP contribution is 2.30. The zero-order valence-electron chi connectivity index (χ0n) is 9.29. The maximum Gasteiger partial charge on any atom is 0.132 e. The van der Waals surface area contributed by atoms with E-state index in [1.807, 2.05) is 22.6 Å². The van der Waals surface area contributed by atoms with Crippen LogP contribution in [0.2, 0.25) is 5.15 Å². The van der Waals surface area contributed by atoms with Crippen LogP contribution in [-0.2, 0) is 0 Å². The minimum atomic E-state index is 0.447. The maximum atomic E-state index is 6.28. The van der Waals surface area contributed by atoms with Crippen molar-refractivity contribution in [2.45, 2.75) is 18.8 Å². The van der Waals surface area contributed by atoms with E-state index in [0.717, 1.165) is 34.2 Å². The molecule has 5 heteroatoms. The second kappa shape index (κ2) is 4.59. The average Bonchev–Trinajstić information content (AvgIpc) is 2.70. The SMILES string of the molecule is Clc1cccc2c(Br)nc(C3CCCNC3)n12. The molecule has 1 saturated heterocycles.